The van der Waals surface area contributed by atoms with Crippen LogP contribution in [0.5, 0.6) is 0 Å². The van der Waals surface area contributed by atoms with Crippen molar-refractivity contribution in [3.05, 3.63) is 47.4 Å². The lowest BCUT2D eigenvalue weighted by Gasteiger charge is -2.10. The van der Waals surface area contributed by atoms with Gasteiger partial charge in [-0.05, 0) is 36.3 Å². The molecule has 2 heterocycles. The lowest BCUT2D eigenvalue weighted by Crippen LogP contribution is -2.08. The standard InChI is InChI=1S/C17H12ClN5/c18-15-6-13(8-20-22-15)23-14-5-12(2-1-11(14)7-21-23)17(10-19)9-16(17)3-4-16/h1-2,5-8H,3-4,9H2. The van der Waals surface area contributed by atoms with Crippen molar-refractivity contribution in [2.45, 2.75) is 24.7 Å². The second kappa shape index (κ2) is 4.09. The maximum Gasteiger partial charge on any atom is 0.153 e. The normalized spacial score (nSPS) is 23.8. The van der Waals surface area contributed by atoms with Crippen molar-refractivity contribution in [3.63, 3.8) is 0 Å². The Hall–Kier alpha value is -2.45. The van der Waals surface area contributed by atoms with E-state index < -0.39 is 0 Å². The molecule has 1 spiro atoms. The van der Waals surface area contributed by atoms with Crippen molar-refractivity contribution in [2.75, 3.05) is 0 Å². The zero-order valence-electron chi connectivity index (χ0n) is 12.2. The van der Waals surface area contributed by atoms with Gasteiger partial charge in [0.2, 0.25) is 0 Å². The van der Waals surface area contributed by atoms with E-state index in [1.165, 1.54) is 12.8 Å². The van der Waals surface area contributed by atoms with Gasteiger partial charge in [-0.25, -0.2) is 4.68 Å². The third-order valence-electron chi connectivity index (χ3n) is 5.35. The SMILES string of the molecule is N#CC1(c2ccc3cnn(-c4cnnc(Cl)c4)c3c2)CC12CC2. The van der Waals surface area contributed by atoms with Crippen molar-refractivity contribution in [3.8, 4) is 11.8 Å². The maximum atomic E-state index is 9.72. The van der Waals surface area contributed by atoms with Crippen molar-refractivity contribution in [1.82, 2.24) is 20.0 Å². The fourth-order valence-electron chi connectivity index (χ4n) is 3.79. The Morgan fingerprint density at radius 1 is 1.22 bits per heavy atom. The van der Waals surface area contributed by atoms with Crippen LogP contribution in [-0.4, -0.2) is 20.0 Å². The fraction of sp³-hybridized carbons (Fsp3) is 0.294. The summed E-state index contributed by atoms with van der Waals surface area (Å²) in [4.78, 5) is 0. The van der Waals surface area contributed by atoms with Gasteiger partial charge in [0.25, 0.3) is 0 Å². The maximum absolute atomic E-state index is 9.72. The van der Waals surface area contributed by atoms with E-state index in [4.69, 9.17) is 11.6 Å². The summed E-state index contributed by atoms with van der Waals surface area (Å²) in [7, 11) is 0. The van der Waals surface area contributed by atoms with E-state index in [-0.39, 0.29) is 10.8 Å². The summed E-state index contributed by atoms with van der Waals surface area (Å²) in [6.07, 6.45) is 6.76. The lowest BCUT2D eigenvalue weighted by molar-refractivity contribution is 0.738. The highest BCUT2D eigenvalue weighted by Crippen LogP contribution is 2.78. The van der Waals surface area contributed by atoms with E-state index in [2.05, 4.69) is 33.5 Å². The quantitative estimate of drug-likeness (QED) is 0.725. The minimum atomic E-state index is -0.301. The smallest absolute Gasteiger partial charge is 0.153 e. The van der Waals surface area contributed by atoms with Crippen molar-refractivity contribution >= 4 is 22.5 Å². The molecule has 1 aromatic carbocycles. The van der Waals surface area contributed by atoms with Crippen LogP contribution in [0.15, 0.2) is 36.7 Å². The Morgan fingerprint density at radius 3 is 2.78 bits per heavy atom. The Kier molecular flexibility index (Phi) is 2.32. The number of hydrogen-bond acceptors (Lipinski definition) is 4. The predicted octanol–water partition coefficient (Wildman–Crippen LogP) is 3.41. The molecule has 5 nitrogen and oxygen atoms in total. The highest BCUT2D eigenvalue weighted by atomic mass is 35.5. The van der Waals surface area contributed by atoms with Crippen molar-refractivity contribution < 1.29 is 0 Å². The van der Waals surface area contributed by atoms with E-state index in [0.29, 0.717) is 5.15 Å². The number of hydrogen-bond donors (Lipinski definition) is 0. The molecular formula is C17H12ClN5. The minimum absolute atomic E-state index is 0.252. The van der Waals surface area contributed by atoms with Gasteiger partial charge in [-0.2, -0.15) is 15.5 Å². The molecule has 0 N–H and O–H groups in total. The summed E-state index contributed by atoms with van der Waals surface area (Å²) in [5.41, 5.74) is 2.77. The molecular weight excluding hydrogens is 310 g/mol. The number of nitriles is 1. The molecule has 2 saturated carbocycles. The number of halogens is 1. The number of rotatable bonds is 2. The van der Waals surface area contributed by atoms with Crippen LogP contribution in [-0.2, 0) is 5.41 Å². The number of aromatic nitrogens is 4. The summed E-state index contributed by atoms with van der Waals surface area (Å²) in [6.45, 7) is 0. The highest BCUT2D eigenvalue weighted by molar-refractivity contribution is 6.29. The number of fused-ring (bicyclic) bond motifs is 1. The molecule has 0 bridgehead atoms. The third kappa shape index (κ3) is 1.64. The van der Waals surface area contributed by atoms with Gasteiger partial charge in [-0.3, -0.25) is 0 Å². The molecule has 0 radical (unpaired) electrons. The first-order chi connectivity index (χ1) is 11.2. The first kappa shape index (κ1) is 13.0. The van der Waals surface area contributed by atoms with Crippen LogP contribution in [0.2, 0.25) is 5.15 Å². The summed E-state index contributed by atoms with van der Waals surface area (Å²) < 4.78 is 1.80. The molecule has 112 valence electrons. The third-order valence-corrected chi connectivity index (χ3v) is 5.53. The van der Waals surface area contributed by atoms with Crippen molar-refractivity contribution in [1.29, 1.82) is 5.26 Å². The van der Waals surface area contributed by atoms with Crippen LogP contribution >= 0.6 is 11.6 Å². The minimum Gasteiger partial charge on any atom is -0.231 e. The van der Waals surface area contributed by atoms with Gasteiger partial charge in [0.15, 0.2) is 5.15 Å². The molecule has 0 aliphatic heterocycles. The molecule has 1 unspecified atom stereocenters. The summed E-state index contributed by atoms with van der Waals surface area (Å²) in [5, 5.41) is 23.2. The Balaban J connectivity index is 1.69. The van der Waals surface area contributed by atoms with E-state index in [0.717, 1.165) is 28.6 Å². The van der Waals surface area contributed by atoms with Crippen LogP contribution in [0.25, 0.3) is 16.6 Å². The first-order valence-electron chi connectivity index (χ1n) is 7.56. The molecule has 6 heteroatoms. The second-order valence-electron chi connectivity index (χ2n) is 6.54. The molecule has 2 aliphatic carbocycles. The topological polar surface area (TPSA) is 67.4 Å². The molecule has 2 aromatic heterocycles. The second-order valence-corrected chi connectivity index (χ2v) is 6.93. The zero-order chi connectivity index (χ0) is 15.7. The molecule has 2 aliphatic rings. The van der Waals surface area contributed by atoms with Gasteiger partial charge in [0.1, 0.15) is 0 Å². The Labute approximate surface area is 137 Å². The molecule has 0 saturated heterocycles. The molecule has 23 heavy (non-hydrogen) atoms. The largest absolute Gasteiger partial charge is 0.231 e. The zero-order valence-corrected chi connectivity index (χ0v) is 13.0. The van der Waals surface area contributed by atoms with Gasteiger partial charge in [0, 0.05) is 11.5 Å². The van der Waals surface area contributed by atoms with Crippen LogP contribution in [0, 0.1) is 16.7 Å². The molecule has 0 amide bonds. The van der Waals surface area contributed by atoms with E-state index >= 15 is 0 Å². The van der Waals surface area contributed by atoms with E-state index in [1.54, 1.807) is 16.9 Å². The highest BCUT2D eigenvalue weighted by Gasteiger charge is 2.75. The molecule has 2 fully saturated rings. The predicted molar refractivity (Wildman–Crippen MR) is 85.2 cm³/mol. The number of nitrogens with zero attached hydrogens (tertiary/aromatic N) is 5. The summed E-state index contributed by atoms with van der Waals surface area (Å²) in [6, 6.07) is 10.5. The first-order valence-corrected chi connectivity index (χ1v) is 7.93. The number of benzene rings is 1. The molecule has 1 atom stereocenters. The van der Waals surface area contributed by atoms with Crippen LogP contribution in [0.1, 0.15) is 24.8 Å². The summed E-state index contributed by atoms with van der Waals surface area (Å²) in [5.74, 6) is 0. The average Bonchev–Trinajstić information content (AvgIpc) is 3.44. The van der Waals surface area contributed by atoms with Gasteiger partial charge >= 0.3 is 0 Å². The van der Waals surface area contributed by atoms with Crippen LogP contribution < -0.4 is 0 Å². The molecule has 3 aromatic rings. The van der Waals surface area contributed by atoms with E-state index in [1.807, 2.05) is 12.3 Å². The Morgan fingerprint density at radius 2 is 2.09 bits per heavy atom. The van der Waals surface area contributed by atoms with Gasteiger partial charge in [-0.1, -0.05) is 23.7 Å². The lowest BCUT2D eigenvalue weighted by atomic mass is 9.93. The van der Waals surface area contributed by atoms with Gasteiger partial charge in [0.05, 0.1) is 35.1 Å². The summed E-state index contributed by atoms with van der Waals surface area (Å²) >= 11 is 5.94. The fourth-order valence-corrected chi connectivity index (χ4v) is 3.94. The molecule has 5 rings (SSSR count). The van der Waals surface area contributed by atoms with Gasteiger partial charge in [-0.15, -0.1) is 5.10 Å². The van der Waals surface area contributed by atoms with Gasteiger partial charge < -0.3 is 0 Å². The average molecular weight is 322 g/mol. The van der Waals surface area contributed by atoms with Crippen LogP contribution in [0.4, 0.5) is 0 Å². The monoisotopic (exact) mass is 321 g/mol. The van der Waals surface area contributed by atoms with Crippen molar-refractivity contribution in [2.24, 2.45) is 5.41 Å². The van der Waals surface area contributed by atoms with E-state index in [9.17, 15) is 5.26 Å². The Bertz CT molecular complexity index is 998. The van der Waals surface area contributed by atoms with Crippen LogP contribution in [0.3, 0.4) is 0 Å².